The smallest absolute Gasteiger partial charge is 0.356 e. The summed E-state index contributed by atoms with van der Waals surface area (Å²) in [6, 6.07) is 4.88. The van der Waals surface area contributed by atoms with E-state index in [2.05, 4.69) is 15.5 Å². The Morgan fingerprint density at radius 2 is 1.86 bits per heavy atom. The number of carboxylic acid groups (broad SMARTS) is 1. The minimum atomic E-state index is -1.23. The number of anilines is 1. The quantitative estimate of drug-likeness (QED) is 0.766. The highest BCUT2D eigenvalue weighted by atomic mass is 16.5. The van der Waals surface area contributed by atoms with Crippen molar-refractivity contribution < 1.29 is 24.2 Å². The summed E-state index contributed by atoms with van der Waals surface area (Å²) < 4.78 is 10.3. The molecule has 3 N–H and O–H groups in total. The maximum Gasteiger partial charge on any atom is 0.356 e. The zero-order valence-electron chi connectivity index (χ0n) is 11.3. The predicted octanol–water partition coefficient (Wildman–Crippen LogP) is 1.38. The number of carbonyl (C=O) groups excluding carboxylic acids is 1. The van der Waals surface area contributed by atoms with Gasteiger partial charge in [0.1, 0.15) is 17.1 Å². The van der Waals surface area contributed by atoms with Gasteiger partial charge in [0.2, 0.25) is 0 Å². The van der Waals surface area contributed by atoms with Gasteiger partial charge in [0, 0.05) is 0 Å². The van der Waals surface area contributed by atoms with Crippen LogP contribution in [0.2, 0.25) is 0 Å². The molecule has 0 aliphatic rings. The van der Waals surface area contributed by atoms with Gasteiger partial charge in [-0.2, -0.15) is 5.10 Å². The summed E-state index contributed by atoms with van der Waals surface area (Å²) in [6.45, 7) is 0. The molecular formula is C13H13N3O5. The van der Waals surface area contributed by atoms with Gasteiger partial charge in [-0.05, 0) is 12.1 Å². The Morgan fingerprint density at radius 1 is 1.24 bits per heavy atom. The lowest BCUT2D eigenvalue weighted by Crippen LogP contribution is -2.16. The van der Waals surface area contributed by atoms with Crippen molar-refractivity contribution in [3.05, 3.63) is 35.7 Å². The Morgan fingerprint density at radius 3 is 2.38 bits per heavy atom. The predicted molar refractivity (Wildman–Crippen MR) is 73.0 cm³/mol. The van der Waals surface area contributed by atoms with Gasteiger partial charge in [-0.15, -0.1) is 0 Å². The molecule has 0 spiro atoms. The average molecular weight is 291 g/mol. The van der Waals surface area contributed by atoms with E-state index in [0.717, 1.165) is 0 Å². The highest BCUT2D eigenvalue weighted by Crippen LogP contribution is 2.29. The van der Waals surface area contributed by atoms with Crippen molar-refractivity contribution in [2.75, 3.05) is 19.5 Å². The molecule has 2 rings (SSSR count). The maximum atomic E-state index is 12.3. The normalized spacial score (nSPS) is 10.0. The van der Waals surface area contributed by atoms with Crippen LogP contribution >= 0.6 is 0 Å². The van der Waals surface area contributed by atoms with Crippen LogP contribution < -0.4 is 14.8 Å². The molecule has 0 aliphatic carbocycles. The Kier molecular flexibility index (Phi) is 4.07. The van der Waals surface area contributed by atoms with Gasteiger partial charge in [-0.1, -0.05) is 6.07 Å². The largest absolute Gasteiger partial charge is 0.496 e. The fraction of sp³-hybridized carbons (Fsp3) is 0.154. The second kappa shape index (κ2) is 5.95. The van der Waals surface area contributed by atoms with Crippen LogP contribution in [0.3, 0.4) is 0 Å². The van der Waals surface area contributed by atoms with E-state index < -0.39 is 11.9 Å². The average Bonchev–Trinajstić information content (AvgIpc) is 2.94. The van der Waals surface area contributed by atoms with Crippen LogP contribution in [0.1, 0.15) is 20.8 Å². The van der Waals surface area contributed by atoms with Gasteiger partial charge in [0.05, 0.1) is 26.1 Å². The monoisotopic (exact) mass is 291 g/mol. The van der Waals surface area contributed by atoms with Crippen molar-refractivity contribution in [3.8, 4) is 11.5 Å². The molecule has 0 unspecified atom stereocenters. The summed E-state index contributed by atoms with van der Waals surface area (Å²) in [7, 11) is 2.85. The first-order valence-electron chi connectivity index (χ1n) is 5.87. The molecule has 8 nitrogen and oxygen atoms in total. The first kappa shape index (κ1) is 14.4. The van der Waals surface area contributed by atoms with Gasteiger partial charge in [-0.3, -0.25) is 9.89 Å². The summed E-state index contributed by atoms with van der Waals surface area (Å²) in [6.07, 6.45) is 1.21. The number of amides is 1. The molecule has 0 bridgehead atoms. The standard InChI is InChI=1S/C13H13N3O5/c1-20-8-4-3-5-9(21-2)10(8)12(17)15-7-6-14-16-11(7)13(18)19/h3-6H,1-2H3,(H,14,16)(H,15,17)(H,18,19). The number of methoxy groups -OCH3 is 2. The van der Waals surface area contributed by atoms with Gasteiger partial charge in [0.15, 0.2) is 5.69 Å². The molecule has 0 saturated carbocycles. The summed E-state index contributed by atoms with van der Waals surface area (Å²) in [4.78, 5) is 23.3. The molecular weight excluding hydrogens is 278 g/mol. The summed E-state index contributed by atoms with van der Waals surface area (Å²) in [5, 5.41) is 17.3. The molecule has 1 amide bonds. The molecule has 2 aromatic rings. The van der Waals surface area contributed by atoms with Gasteiger partial charge < -0.3 is 19.9 Å². The van der Waals surface area contributed by atoms with E-state index in [0.29, 0.717) is 11.5 Å². The van der Waals surface area contributed by atoms with Crippen LogP contribution in [-0.2, 0) is 0 Å². The Hall–Kier alpha value is -3.03. The number of nitrogens with one attached hydrogen (secondary N) is 2. The minimum Gasteiger partial charge on any atom is -0.496 e. The number of nitrogens with zero attached hydrogens (tertiary/aromatic N) is 1. The maximum absolute atomic E-state index is 12.3. The highest BCUT2D eigenvalue weighted by molar-refractivity contribution is 6.10. The van der Waals surface area contributed by atoms with Crippen molar-refractivity contribution in [1.82, 2.24) is 10.2 Å². The van der Waals surface area contributed by atoms with E-state index in [1.165, 1.54) is 20.4 Å². The van der Waals surface area contributed by atoms with Crippen LogP contribution in [0.4, 0.5) is 5.69 Å². The molecule has 0 saturated heterocycles. The number of H-pyrrole nitrogens is 1. The number of aromatic amines is 1. The molecule has 1 heterocycles. The molecule has 0 aliphatic heterocycles. The number of carboxylic acids is 1. The second-order valence-corrected chi connectivity index (χ2v) is 3.96. The molecule has 0 radical (unpaired) electrons. The summed E-state index contributed by atoms with van der Waals surface area (Å²) >= 11 is 0. The first-order valence-corrected chi connectivity index (χ1v) is 5.87. The highest BCUT2D eigenvalue weighted by Gasteiger charge is 2.21. The van der Waals surface area contributed by atoms with Crippen LogP contribution in [0, 0.1) is 0 Å². The summed E-state index contributed by atoms with van der Waals surface area (Å²) in [5.41, 5.74) is 0.0118. The number of hydrogen-bond acceptors (Lipinski definition) is 5. The lowest BCUT2D eigenvalue weighted by molar-refractivity contribution is 0.0691. The number of hydrogen-bond donors (Lipinski definition) is 3. The van der Waals surface area contributed by atoms with Crippen LogP contribution in [0.5, 0.6) is 11.5 Å². The van der Waals surface area contributed by atoms with E-state index >= 15 is 0 Å². The number of aromatic nitrogens is 2. The van der Waals surface area contributed by atoms with Crippen LogP contribution in [-0.4, -0.2) is 41.4 Å². The number of rotatable bonds is 5. The number of ether oxygens (including phenoxy) is 2. The molecule has 0 fully saturated rings. The third-order valence-corrected chi connectivity index (χ3v) is 2.76. The summed E-state index contributed by atoms with van der Waals surface area (Å²) in [5.74, 6) is -1.16. The van der Waals surface area contributed by atoms with E-state index in [1.807, 2.05) is 0 Å². The molecule has 110 valence electrons. The van der Waals surface area contributed by atoms with Gasteiger partial charge >= 0.3 is 5.97 Å². The number of benzene rings is 1. The molecule has 1 aromatic heterocycles. The van der Waals surface area contributed by atoms with Crippen molar-refractivity contribution >= 4 is 17.6 Å². The molecule has 0 atom stereocenters. The van der Waals surface area contributed by atoms with Crippen molar-refractivity contribution in [2.45, 2.75) is 0 Å². The van der Waals surface area contributed by atoms with Crippen molar-refractivity contribution in [1.29, 1.82) is 0 Å². The van der Waals surface area contributed by atoms with E-state index in [-0.39, 0.29) is 16.9 Å². The third-order valence-electron chi connectivity index (χ3n) is 2.76. The molecule has 1 aromatic carbocycles. The van der Waals surface area contributed by atoms with Gasteiger partial charge in [-0.25, -0.2) is 4.79 Å². The van der Waals surface area contributed by atoms with Crippen molar-refractivity contribution in [2.24, 2.45) is 0 Å². The lowest BCUT2D eigenvalue weighted by atomic mass is 10.1. The zero-order chi connectivity index (χ0) is 15.4. The number of aromatic carboxylic acids is 1. The van der Waals surface area contributed by atoms with Gasteiger partial charge in [0.25, 0.3) is 5.91 Å². The van der Waals surface area contributed by atoms with Crippen molar-refractivity contribution in [3.63, 3.8) is 0 Å². The minimum absolute atomic E-state index is 0.0560. The lowest BCUT2D eigenvalue weighted by Gasteiger charge is -2.12. The Balaban J connectivity index is 2.37. The second-order valence-electron chi connectivity index (χ2n) is 3.96. The van der Waals surface area contributed by atoms with E-state index in [4.69, 9.17) is 14.6 Å². The number of carbonyl (C=O) groups is 2. The molecule has 8 heteroatoms. The topological polar surface area (TPSA) is 114 Å². The van der Waals surface area contributed by atoms with E-state index in [9.17, 15) is 9.59 Å². The fourth-order valence-corrected chi connectivity index (χ4v) is 1.80. The first-order chi connectivity index (χ1) is 10.1. The zero-order valence-corrected chi connectivity index (χ0v) is 11.3. The Labute approximate surface area is 119 Å². The third kappa shape index (κ3) is 2.78. The Bertz CT molecular complexity index is 658. The fourth-order valence-electron chi connectivity index (χ4n) is 1.80. The SMILES string of the molecule is COc1cccc(OC)c1C(=O)Nc1cn[nH]c1C(=O)O. The molecule has 21 heavy (non-hydrogen) atoms. The van der Waals surface area contributed by atoms with Crippen LogP contribution in [0.25, 0.3) is 0 Å². The van der Waals surface area contributed by atoms with E-state index in [1.54, 1.807) is 18.2 Å². The van der Waals surface area contributed by atoms with Crippen LogP contribution in [0.15, 0.2) is 24.4 Å².